The van der Waals surface area contributed by atoms with E-state index in [0.29, 0.717) is 29.9 Å². The monoisotopic (exact) mass is 409 g/mol. The van der Waals surface area contributed by atoms with Gasteiger partial charge in [0.1, 0.15) is 0 Å². The minimum Gasteiger partial charge on any atom is -0.465 e. The van der Waals surface area contributed by atoms with Gasteiger partial charge >= 0.3 is 5.97 Å². The van der Waals surface area contributed by atoms with Gasteiger partial charge in [0.05, 0.1) is 18.4 Å². The second-order valence-corrected chi connectivity index (χ2v) is 9.34. The predicted molar refractivity (Wildman–Crippen MR) is 98.7 cm³/mol. The van der Waals surface area contributed by atoms with Crippen molar-refractivity contribution in [2.24, 2.45) is 0 Å². The molecule has 3 rings (SSSR count). The van der Waals surface area contributed by atoms with Gasteiger partial charge in [-0.3, -0.25) is 4.79 Å². The molecule has 0 N–H and O–H groups in total. The number of hydrogen-bond donors (Lipinski definition) is 0. The second-order valence-electron chi connectivity index (χ2n) is 6.38. The number of esters is 1. The smallest absolute Gasteiger partial charge is 0.337 e. The van der Waals surface area contributed by atoms with Crippen molar-refractivity contribution < 1.29 is 22.7 Å². The fourth-order valence-corrected chi connectivity index (χ4v) is 4.86. The number of amides is 1. The van der Waals surface area contributed by atoms with Gasteiger partial charge in [0.2, 0.25) is 0 Å². The summed E-state index contributed by atoms with van der Waals surface area (Å²) < 4.78 is 32.5. The molecule has 1 aromatic carbocycles. The lowest BCUT2D eigenvalue weighted by Crippen LogP contribution is -2.39. The molecule has 0 saturated carbocycles. The zero-order valence-corrected chi connectivity index (χ0v) is 16.5. The zero-order valence-electron chi connectivity index (χ0n) is 14.9. The minimum absolute atomic E-state index is 0.166. The summed E-state index contributed by atoms with van der Waals surface area (Å²) in [4.78, 5) is 26.0. The Kier molecular flexibility index (Phi) is 5.56. The highest BCUT2D eigenvalue weighted by molar-refractivity contribution is 7.92. The molecular formula is C17H19N3O5S2. The van der Waals surface area contributed by atoms with Crippen molar-refractivity contribution in [1.82, 2.24) is 14.5 Å². The number of piperidine rings is 1. The van der Waals surface area contributed by atoms with Crippen LogP contribution < -0.4 is 0 Å². The summed E-state index contributed by atoms with van der Waals surface area (Å²) in [6, 6.07) is 6.27. The van der Waals surface area contributed by atoms with E-state index in [1.165, 1.54) is 7.11 Å². The molecule has 1 amide bonds. The Hall–Kier alpha value is -2.33. The van der Waals surface area contributed by atoms with Crippen molar-refractivity contribution in [2.75, 3.05) is 26.5 Å². The molecular weight excluding hydrogens is 390 g/mol. The van der Waals surface area contributed by atoms with Crippen LogP contribution in [0.3, 0.4) is 0 Å². The molecule has 10 heteroatoms. The molecule has 1 saturated heterocycles. The van der Waals surface area contributed by atoms with E-state index >= 15 is 0 Å². The minimum atomic E-state index is -3.40. The first-order valence-corrected chi connectivity index (χ1v) is 11.0. The van der Waals surface area contributed by atoms with Gasteiger partial charge in [0, 0.05) is 42.4 Å². The van der Waals surface area contributed by atoms with Crippen LogP contribution in [0.1, 0.15) is 45.2 Å². The highest BCUT2D eigenvalue weighted by Gasteiger charge is 2.31. The van der Waals surface area contributed by atoms with Gasteiger partial charge in [-0.25, -0.2) is 13.2 Å². The Morgan fingerprint density at radius 3 is 2.52 bits per heavy atom. The molecule has 144 valence electrons. The molecule has 0 radical (unpaired) electrons. The standard InChI is InChI=1S/C17H19N3O5S2/c1-25-16(22)12-7-5-11(6-8-12)15(21)20-9-3-4-13(10-20)14-17(26-19-18-14)27(2,23)24/h5-8,13H,3-4,9-10H2,1-2H3/t13-/m1/s1. The first kappa shape index (κ1) is 19.4. The number of sulfone groups is 1. The van der Waals surface area contributed by atoms with Crippen molar-refractivity contribution in [3.8, 4) is 0 Å². The third-order valence-electron chi connectivity index (χ3n) is 4.47. The van der Waals surface area contributed by atoms with Crippen LogP contribution in [0.4, 0.5) is 0 Å². The normalized spacial score (nSPS) is 17.6. The van der Waals surface area contributed by atoms with Crippen molar-refractivity contribution in [1.29, 1.82) is 0 Å². The molecule has 0 spiro atoms. The molecule has 8 nitrogen and oxygen atoms in total. The Bertz CT molecular complexity index is 953. The van der Waals surface area contributed by atoms with Crippen molar-refractivity contribution in [3.63, 3.8) is 0 Å². The summed E-state index contributed by atoms with van der Waals surface area (Å²) in [6.07, 6.45) is 2.64. The number of benzene rings is 1. The van der Waals surface area contributed by atoms with Gasteiger partial charge in [-0.2, -0.15) is 0 Å². The van der Waals surface area contributed by atoms with Crippen LogP contribution >= 0.6 is 11.5 Å². The van der Waals surface area contributed by atoms with Gasteiger partial charge in [-0.1, -0.05) is 4.49 Å². The van der Waals surface area contributed by atoms with Crippen LogP contribution in [0.5, 0.6) is 0 Å². The van der Waals surface area contributed by atoms with Crippen LogP contribution in [-0.4, -0.2) is 61.2 Å². The number of carbonyl (C=O) groups is 2. The fourth-order valence-electron chi connectivity index (χ4n) is 3.13. The van der Waals surface area contributed by atoms with E-state index in [1.54, 1.807) is 29.2 Å². The lowest BCUT2D eigenvalue weighted by atomic mass is 9.95. The average molecular weight is 409 g/mol. The largest absolute Gasteiger partial charge is 0.465 e. The fraction of sp³-hybridized carbons (Fsp3) is 0.412. The molecule has 1 aliphatic heterocycles. The Morgan fingerprint density at radius 1 is 1.22 bits per heavy atom. The summed E-state index contributed by atoms with van der Waals surface area (Å²) in [7, 11) is -2.10. The van der Waals surface area contributed by atoms with E-state index in [9.17, 15) is 18.0 Å². The molecule has 0 aliphatic carbocycles. The molecule has 27 heavy (non-hydrogen) atoms. The van der Waals surface area contributed by atoms with Crippen molar-refractivity contribution in [2.45, 2.75) is 23.0 Å². The number of methoxy groups -OCH3 is 1. The van der Waals surface area contributed by atoms with E-state index in [1.807, 2.05) is 0 Å². The van der Waals surface area contributed by atoms with E-state index in [4.69, 9.17) is 0 Å². The number of rotatable bonds is 4. The Balaban J connectivity index is 1.77. The van der Waals surface area contributed by atoms with Crippen LogP contribution in [0.15, 0.2) is 28.5 Å². The maximum atomic E-state index is 12.8. The molecule has 0 unspecified atom stereocenters. The number of carbonyl (C=O) groups excluding carboxylic acids is 2. The number of aromatic nitrogens is 2. The van der Waals surface area contributed by atoms with Crippen LogP contribution in [0.25, 0.3) is 0 Å². The van der Waals surface area contributed by atoms with Gasteiger partial charge in [-0.15, -0.1) is 5.10 Å². The SMILES string of the molecule is COC(=O)c1ccc(C(=O)N2CCC[C@@H](c3nnsc3S(C)(=O)=O)C2)cc1. The molecule has 1 atom stereocenters. The molecule has 1 aliphatic rings. The summed E-state index contributed by atoms with van der Waals surface area (Å²) >= 11 is 0.866. The van der Waals surface area contributed by atoms with Crippen molar-refractivity contribution in [3.05, 3.63) is 41.1 Å². The zero-order chi connectivity index (χ0) is 19.6. The summed E-state index contributed by atoms with van der Waals surface area (Å²) in [5.41, 5.74) is 1.28. The first-order valence-electron chi connectivity index (χ1n) is 8.31. The Morgan fingerprint density at radius 2 is 1.89 bits per heavy atom. The highest BCUT2D eigenvalue weighted by Crippen LogP contribution is 2.32. The topological polar surface area (TPSA) is 107 Å². The molecule has 1 fully saturated rings. The highest BCUT2D eigenvalue weighted by atomic mass is 32.2. The van der Waals surface area contributed by atoms with E-state index < -0.39 is 15.8 Å². The number of hydrogen-bond acceptors (Lipinski definition) is 8. The molecule has 2 heterocycles. The quantitative estimate of drug-likeness (QED) is 0.708. The lowest BCUT2D eigenvalue weighted by Gasteiger charge is -2.32. The van der Waals surface area contributed by atoms with E-state index in [2.05, 4.69) is 14.3 Å². The first-order chi connectivity index (χ1) is 12.8. The number of nitrogens with zero attached hydrogens (tertiary/aromatic N) is 3. The van der Waals surface area contributed by atoms with Gasteiger partial charge < -0.3 is 9.64 Å². The molecule has 2 aromatic rings. The maximum absolute atomic E-state index is 12.8. The van der Waals surface area contributed by atoms with E-state index in [0.717, 1.165) is 30.6 Å². The molecule has 1 aromatic heterocycles. The Labute approximate surface area is 161 Å². The van der Waals surface area contributed by atoms with Crippen LogP contribution in [0, 0.1) is 0 Å². The average Bonchev–Trinajstić information content (AvgIpc) is 3.17. The van der Waals surface area contributed by atoms with Crippen LogP contribution in [0.2, 0.25) is 0 Å². The number of likely N-dealkylation sites (tertiary alicyclic amines) is 1. The lowest BCUT2D eigenvalue weighted by molar-refractivity contribution is 0.0599. The van der Waals surface area contributed by atoms with Gasteiger partial charge in [-0.05, 0) is 37.1 Å². The molecule has 0 bridgehead atoms. The number of ether oxygens (including phenoxy) is 1. The van der Waals surface area contributed by atoms with Gasteiger partial charge in [0.25, 0.3) is 5.91 Å². The summed E-state index contributed by atoms with van der Waals surface area (Å²) in [5.74, 6) is -0.794. The van der Waals surface area contributed by atoms with Crippen molar-refractivity contribution >= 4 is 33.2 Å². The van der Waals surface area contributed by atoms with Crippen LogP contribution in [-0.2, 0) is 14.6 Å². The second kappa shape index (κ2) is 7.73. The summed E-state index contributed by atoms with van der Waals surface area (Å²) in [6.45, 7) is 0.964. The summed E-state index contributed by atoms with van der Waals surface area (Å²) in [5, 5.41) is 4.01. The predicted octanol–water partition coefficient (Wildman–Crippen LogP) is 1.75. The van der Waals surface area contributed by atoms with E-state index in [-0.39, 0.29) is 16.0 Å². The third-order valence-corrected chi connectivity index (χ3v) is 7.02. The third kappa shape index (κ3) is 4.16. The maximum Gasteiger partial charge on any atom is 0.337 e. The van der Waals surface area contributed by atoms with Gasteiger partial charge in [0.15, 0.2) is 14.0 Å².